The maximum Gasteiger partial charge on any atom is 0.336 e. The van der Waals surface area contributed by atoms with Crippen molar-refractivity contribution in [2.75, 3.05) is 0 Å². The lowest BCUT2D eigenvalue weighted by Crippen LogP contribution is -1.90. The van der Waals surface area contributed by atoms with Gasteiger partial charge < -0.3 is 4.52 Å². The summed E-state index contributed by atoms with van der Waals surface area (Å²) in [7, 11) is 0. The smallest absolute Gasteiger partial charge is 0.336 e. The molecule has 0 aliphatic carbocycles. The minimum atomic E-state index is -0.632. The van der Waals surface area contributed by atoms with Crippen LogP contribution in [0.4, 0.5) is 11.4 Å². The highest BCUT2D eigenvalue weighted by Crippen LogP contribution is 2.29. The zero-order valence-corrected chi connectivity index (χ0v) is 8.27. The predicted molar refractivity (Wildman–Crippen MR) is 55.2 cm³/mol. The summed E-state index contributed by atoms with van der Waals surface area (Å²) in [6, 6.07) is 5.24. The van der Waals surface area contributed by atoms with E-state index in [-0.39, 0.29) is 17.1 Å². The molecule has 0 saturated heterocycles. The van der Waals surface area contributed by atoms with E-state index in [1.165, 1.54) is 24.3 Å². The summed E-state index contributed by atoms with van der Waals surface area (Å²) >= 11 is 0. The van der Waals surface area contributed by atoms with Crippen molar-refractivity contribution in [3.63, 3.8) is 0 Å². The van der Waals surface area contributed by atoms with Gasteiger partial charge in [-0.25, -0.2) is 0 Å². The number of aromatic nitrogens is 1. The third-order valence-electron chi connectivity index (χ3n) is 2.10. The lowest BCUT2D eigenvalue weighted by Gasteiger charge is -1.95. The summed E-state index contributed by atoms with van der Waals surface area (Å²) < 4.78 is 4.51. The summed E-state index contributed by atoms with van der Waals surface area (Å²) in [6.45, 7) is 0. The maximum atomic E-state index is 10.6. The van der Waals surface area contributed by atoms with Gasteiger partial charge in [0.1, 0.15) is 0 Å². The molecule has 0 spiro atoms. The second-order valence-corrected chi connectivity index (χ2v) is 3.11. The number of rotatable bonds is 3. The van der Waals surface area contributed by atoms with Crippen LogP contribution < -0.4 is 0 Å². The average Bonchev–Trinajstić information content (AvgIpc) is 2.78. The van der Waals surface area contributed by atoms with Crippen molar-refractivity contribution in [3.8, 4) is 11.3 Å². The maximum absolute atomic E-state index is 10.6. The molecule has 0 unspecified atom stereocenters. The van der Waals surface area contributed by atoms with Crippen molar-refractivity contribution < 1.29 is 14.4 Å². The van der Waals surface area contributed by atoms with Gasteiger partial charge in [-0.1, -0.05) is 5.16 Å². The number of nitro benzene ring substituents is 1. The van der Waals surface area contributed by atoms with Crippen molar-refractivity contribution in [1.82, 2.24) is 5.16 Å². The van der Waals surface area contributed by atoms with Gasteiger partial charge in [-0.2, -0.15) is 0 Å². The Morgan fingerprint density at radius 1 is 1.06 bits per heavy atom. The third kappa shape index (κ3) is 1.95. The second-order valence-electron chi connectivity index (χ2n) is 3.11. The fraction of sp³-hybridized carbons (Fsp3) is 0. The Hall–Kier alpha value is -2.77. The highest BCUT2D eigenvalue weighted by Gasteiger charge is 2.20. The molecule has 0 N–H and O–H groups in total. The fourth-order valence-electron chi connectivity index (χ4n) is 1.30. The number of nitrogens with zero attached hydrogens (tertiary/aromatic N) is 3. The molecule has 1 aromatic carbocycles. The summed E-state index contributed by atoms with van der Waals surface area (Å²) in [5.74, 6) is 0. The van der Waals surface area contributed by atoms with Crippen molar-refractivity contribution in [1.29, 1.82) is 0 Å². The quantitative estimate of drug-likeness (QED) is 0.594. The summed E-state index contributed by atoms with van der Waals surface area (Å²) in [5, 5.41) is 24.6. The van der Waals surface area contributed by atoms with Crippen LogP contribution in [0, 0.1) is 20.2 Å². The van der Waals surface area contributed by atoms with Gasteiger partial charge in [0, 0.05) is 17.7 Å². The Kier molecular flexibility index (Phi) is 2.53. The molecular formula is C9H5N3O5. The Morgan fingerprint density at radius 3 is 2.24 bits per heavy atom. The van der Waals surface area contributed by atoms with Gasteiger partial charge in [0.05, 0.1) is 9.85 Å². The first-order valence-corrected chi connectivity index (χ1v) is 4.43. The molecule has 0 saturated carbocycles. The first-order valence-electron chi connectivity index (χ1n) is 4.43. The molecule has 0 atom stereocenters. The van der Waals surface area contributed by atoms with E-state index < -0.39 is 9.85 Å². The topological polar surface area (TPSA) is 112 Å². The van der Waals surface area contributed by atoms with E-state index in [4.69, 9.17) is 0 Å². The van der Waals surface area contributed by atoms with E-state index in [1.807, 2.05) is 0 Å². The number of non-ortho nitro benzene ring substituents is 1. The summed E-state index contributed by atoms with van der Waals surface area (Å²) in [5.41, 5.74) is 0.0553. The van der Waals surface area contributed by atoms with Crippen LogP contribution in [0.25, 0.3) is 11.3 Å². The Labute approximate surface area is 93.8 Å². The lowest BCUT2D eigenvalue weighted by molar-refractivity contribution is -0.385. The first kappa shape index (κ1) is 10.7. The van der Waals surface area contributed by atoms with Gasteiger partial charge in [0.15, 0.2) is 5.69 Å². The SMILES string of the molecule is O=[N+]([O-])c1ccc(-c2nocc2[N+](=O)[O-])cc1. The first-order chi connectivity index (χ1) is 8.09. The third-order valence-corrected chi connectivity index (χ3v) is 2.10. The van der Waals surface area contributed by atoms with Crippen molar-refractivity contribution >= 4 is 11.4 Å². The van der Waals surface area contributed by atoms with Crippen LogP contribution in [-0.2, 0) is 0 Å². The highest BCUT2D eigenvalue weighted by atomic mass is 16.6. The molecular weight excluding hydrogens is 230 g/mol. The fourth-order valence-corrected chi connectivity index (χ4v) is 1.30. The standard InChI is InChI=1S/C9H5N3O5/c13-11(14)7-3-1-6(2-4-7)9-8(12(15)16)5-17-10-9/h1-5H. The Balaban J connectivity index is 2.43. The number of nitro groups is 2. The van der Waals surface area contributed by atoms with Crippen LogP contribution in [0.5, 0.6) is 0 Å². The van der Waals surface area contributed by atoms with E-state index in [0.717, 1.165) is 6.26 Å². The molecule has 0 amide bonds. The van der Waals surface area contributed by atoms with Gasteiger partial charge in [-0.05, 0) is 12.1 Å². The molecule has 1 heterocycles. The number of hydrogen-bond donors (Lipinski definition) is 0. The Bertz CT molecular complexity index is 575. The number of benzene rings is 1. The molecule has 2 aromatic rings. The van der Waals surface area contributed by atoms with Gasteiger partial charge in [-0.15, -0.1) is 0 Å². The molecule has 2 rings (SSSR count). The van der Waals surface area contributed by atoms with E-state index in [1.54, 1.807) is 0 Å². The monoisotopic (exact) mass is 235 g/mol. The van der Waals surface area contributed by atoms with Crippen LogP contribution in [0.1, 0.15) is 0 Å². The van der Waals surface area contributed by atoms with E-state index >= 15 is 0 Å². The molecule has 0 radical (unpaired) electrons. The summed E-state index contributed by atoms with van der Waals surface area (Å²) in [4.78, 5) is 19.9. The normalized spacial score (nSPS) is 10.1. The van der Waals surface area contributed by atoms with Crippen LogP contribution in [0.15, 0.2) is 35.1 Å². The molecule has 17 heavy (non-hydrogen) atoms. The number of hydrogen-bond acceptors (Lipinski definition) is 6. The minimum Gasteiger partial charge on any atom is -0.357 e. The van der Waals surface area contributed by atoms with Crippen LogP contribution in [0.2, 0.25) is 0 Å². The lowest BCUT2D eigenvalue weighted by atomic mass is 10.1. The molecule has 8 nitrogen and oxygen atoms in total. The molecule has 8 heteroatoms. The van der Waals surface area contributed by atoms with E-state index in [0.29, 0.717) is 5.56 Å². The van der Waals surface area contributed by atoms with Crippen molar-refractivity contribution in [2.45, 2.75) is 0 Å². The Morgan fingerprint density at radius 2 is 1.71 bits per heavy atom. The molecule has 1 aromatic heterocycles. The molecule has 0 fully saturated rings. The second kappa shape index (κ2) is 4.00. The molecule has 0 aliphatic heterocycles. The van der Waals surface area contributed by atoms with Gasteiger partial charge >= 0.3 is 5.69 Å². The van der Waals surface area contributed by atoms with Gasteiger partial charge in [0.2, 0.25) is 6.26 Å². The molecule has 0 aliphatic rings. The van der Waals surface area contributed by atoms with Crippen LogP contribution in [-0.4, -0.2) is 15.0 Å². The van der Waals surface area contributed by atoms with Crippen molar-refractivity contribution in [3.05, 3.63) is 50.8 Å². The predicted octanol–water partition coefficient (Wildman–Crippen LogP) is 2.16. The van der Waals surface area contributed by atoms with Crippen molar-refractivity contribution in [2.24, 2.45) is 0 Å². The average molecular weight is 235 g/mol. The van der Waals surface area contributed by atoms with Gasteiger partial charge in [0.25, 0.3) is 5.69 Å². The summed E-state index contributed by atoms with van der Waals surface area (Å²) in [6.07, 6.45) is 0.913. The zero-order valence-electron chi connectivity index (χ0n) is 8.27. The largest absolute Gasteiger partial charge is 0.357 e. The zero-order chi connectivity index (χ0) is 12.4. The molecule has 86 valence electrons. The highest BCUT2D eigenvalue weighted by molar-refractivity contribution is 5.69. The minimum absolute atomic E-state index is 0.0462. The van der Waals surface area contributed by atoms with Crippen LogP contribution >= 0.6 is 0 Å². The van der Waals surface area contributed by atoms with Gasteiger partial charge in [-0.3, -0.25) is 20.2 Å². The molecule has 0 bridgehead atoms. The van der Waals surface area contributed by atoms with E-state index in [9.17, 15) is 20.2 Å². The van der Waals surface area contributed by atoms with Crippen LogP contribution in [0.3, 0.4) is 0 Å². The van der Waals surface area contributed by atoms with E-state index in [2.05, 4.69) is 9.68 Å².